The summed E-state index contributed by atoms with van der Waals surface area (Å²) in [5.41, 5.74) is 1.31. The molecule has 2 aromatic heterocycles. The van der Waals surface area contributed by atoms with Crippen molar-refractivity contribution in [2.75, 3.05) is 31.6 Å². The molecule has 0 saturated carbocycles. The quantitative estimate of drug-likeness (QED) is 0.827. The first-order chi connectivity index (χ1) is 12.6. The van der Waals surface area contributed by atoms with Crippen molar-refractivity contribution in [2.45, 2.75) is 32.2 Å². The monoisotopic (exact) mass is 357 g/mol. The number of anilines is 1. The van der Waals surface area contributed by atoms with Gasteiger partial charge in [-0.1, -0.05) is 19.0 Å². The third-order valence-corrected chi connectivity index (χ3v) is 5.20. The molecule has 2 atom stereocenters. The lowest BCUT2D eigenvalue weighted by atomic mass is 9.98. The van der Waals surface area contributed by atoms with Gasteiger partial charge in [-0.2, -0.15) is 0 Å². The Labute approximate surface area is 152 Å². The second kappa shape index (κ2) is 6.59. The van der Waals surface area contributed by atoms with Gasteiger partial charge in [-0.3, -0.25) is 4.79 Å². The van der Waals surface area contributed by atoms with Gasteiger partial charge in [0, 0.05) is 31.7 Å². The van der Waals surface area contributed by atoms with E-state index in [2.05, 4.69) is 20.0 Å². The lowest BCUT2D eigenvalue weighted by Crippen LogP contribution is -2.45. The SMILES string of the molecule is COc1cc(N2CC3CC2CN(C(=O)c2conc2C(C)C)C3)ncn1. The number of aromatic nitrogens is 3. The van der Waals surface area contributed by atoms with E-state index in [1.807, 2.05) is 24.8 Å². The molecule has 26 heavy (non-hydrogen) atoms. The molecule has 0 radical (unpaired) electrons. The second-order valence-electron chi connectivity index (χ2n) is 7.30. The van der Waals surface area contributed by atoms with Gasteiger partial charge < -0.3 is 19.1 Å². The highest BCUT2D eigenvalue weighted by Gasteiger charge is 2.41. The molecule has 0 aromatic carbocycles. The van der Waals surface area contributed by atoms with E-state index in [1.54, 1.807) is 7.11 Å². The molecule has 4 rings (SSSR count). The fourth-order valence-corrected chi connectivity index (χ4v) is 4.00. The first kappa shape index (κ1) is 16.8. The van der Waals surface area contributed by atoms with Crippen molar-refractivity contribution in [2.24, 2.45) is 5.92 Å². The van der Waals surface area contributed by atoms with Crippen LogP contribution in [-0.4, -0.2) is 58.7 Å². The number of piperidine rings is 1. The Morgan fingerprint density at radius 1 is 1.31 bits per heavy atom. The topological polar surface area (TPSA) is 84.6 Å². The number of hydrogen-bond donors (Lipinski definition) is 0. The smallest absolute Gasteiger partial charge is 0.259 e. The number of carbonyl (C=O) groups is 1. The van der Waals surface area contributed by atoms with Gasteiger partial charge in [-0.05, 0) is 18.3 Å². The standard InChI is InChI=1S/C18H23N5O3/c1-11(2)17-14(9-26-21-17)18(24)22-6-12-4-13(8-22)23(7-12)15-5-16(25-3)20-10-19-15/h5,9-13H,4,6-8H2,1-3H3. The third-order valence-electron chi connectivity index (χ3n) is 5.20. The van der Waals surface area contributed by atoms with Crippen molar-refractivity contribution in [1.82, 2.24) is 20.0 Å². The van der Waals surface area contributed by atoms with Crippen LogP contribution in [-0.2, 0) is 0 Å². The van der Waals surface area contributed by atoms with Crippen molar-refractivity contribution < 1.29 is 14.1 Å². The number of methoxy groups -OCH3 is 1. The van der Waals surface area contributed by atoms with Crippen LogP contribution in [0.4, 0.5) is 5.82 Å². The van der Waals surface area contributed by atoms with Gasteiger partial charge in [0.25, 0.3) is 5.91 Å². The van der Waals surface area contributed by atoms with Gasteiger partial charge in [-0.15, -0.1) is 0 Å². The van der Waals surface area contributed by atoms with Crippen LogP contribution >= 0.6 is 0 Å². The van der Waals surface area contributed by atoms with Gasteiger partial charge in [0.1, 0.15) is 24.0 Å². The van der Waals surface area contributed by atoms with Gasteiger partial charge in [0.05, 0.1) is 12.8 Å². The van der Waals surface area contributed by atoms with E-state index in [1.165, 1.54) is 12.6 Å². The number of fused-ring (bicyclic) bond motifs is 2. The van der Waals surface area contributed by atoms with Gasteiger partial charge >= 0.3 is 0 Å². The van der Waals surface area contributed by atoms with Crippen molar-refractivity contribution in [3.63, 3.8) is 0 Å². The predicted molar refractivity (Wildman–Crippen MR) is 94.3 cm³/mol. The molecule has 2 fully saturated rings. The van der Waals surface area contributed by atoms with E-state index < -0.39 is 0 Å². The Balaban J connectivity index is 1.53. The molecule has 2 aliphatic rings. The maximum absolute atomic E-state index is 13.0. The third kappa shape index (κ3) is 2.89. The largest absolute Gasteiger partial charge is 0.481 e. The molecule has 2 bridgehead atoms. The summed E-state index contributed by atoms with van der Waals surface area (Å²) >= 11 is 0. The van der Waals surface area contributed by atoms with Crippen molar-refractivity contribution >= 4 is 11.7 Å². The minimum atomic E-state index is 0.00627. The highest BCUT2D eigenvalue weighted by atomic mass is 16.5. The summed E-state index contributed by atoms with van der Waals surface area (Å²) in [6.45, 7) is 6.33. The molecule has 1 amide bonds. The zero-order valence-corrected chi connectivity index (χ0v) is 15.3. The van der Waals surface area contributed by atoms with Gasteiger partial charge in [0.15, 0.2) is 0 Å². The summed E-state index contributed by atoms with van der Waals surface area (Å²) in [4.78, 5) is 25.7. The van der Waals surface area contributed by atoms with E-state index in [0.717, 1.165) is 31.0 Å². The molecule has 8 heteroatoms. The lowest BCUT2D eigenvalue weighted by molar-refractivity contribution is 0.0692. The van der Waals surface area contributed by atoms with Crippen LogP contribution in [0.5, 0.6) is 5.88 Å². The zero-order valence-electron chi connectivity index (χ0n) is 15.3. The fourth-order valence-electron chi connectivity index (χ4n) is 4.00. The van der Waals surface area contributed by atoms with Gasteiger partial charge in [-0.25, -0.2) is 9.97 Å². The Bertz CT molecular complexity index is 806. The Morgan fingerprint density at radius 3 is 2.92 bits per heavy atom. The molecular formula is C18H23N5O3. The van der Waals surface area contributed by atoms with Crippen molar-refractivity contribution in [1.29, 1.82) is 0 Å². The summed E-state index contributed by atoms with van der Waals surface area (Å²) in [6, 6.07) is 2.10. The molecule has 0 aliphatic carbocycles. The Kier molecular flexibility index (Phi) is 4.26. The van der Waals surface area contributed by atoms with Crippen LogP contribution in [0, 0.1) is 5.92 Å². The van der Waals surface area contributed by atoms with Crippen LogP contribution in [0.2, 0.25) is 0 Å². The number of carbonyl (C=O) groups excluding carboxylic acids is 1. The summed E-state index contributed by atoms with van der Waals surface area (Å²) in [6.07, 6.45) is 4.06. The molecule has 8 nitrogen and oxygen atoms in total. The number of likely N-dealkylation sites (tertiary alicyclic amines) is 1. The van der Waals surface area contributed by atoms with Crippen molar-refractivity contribution in [3.05, 3.63) is 29.9 Å². The van der Waals surface area contributed by atoms with Crippen LogP contribution in [0.3, 0.4) is 0 Å². The molecule has 2 unspecified atom stereocenters. The molecular weight excluding hydrogens is 334 g/mol. The molecule has 2 saturated heterocycles. The highest BCUT2D eigenvalue weighted by molar-refractivity contribution is 5.95. The summed E-state index contributed by atoms with van der Waals surface area (Å²) in [5, 5.41) is 4.00. The average Bonchev–Trinajstić information content (AvgIpc) is 3.25. The first-order valence-corrected chi connectivity index (χ1v) is 8.93. The van der Waals surface area contributed by atoms with E-state index in [9.17, 15) is 4.79 Å². The number of nitrogens with zero attached hydrogens (tertiary/aromatic N) is 5. The number of rotatable bonds is 4. The fraction of sp³-hybridized carbons (Fsp3) is 0.556. The summed E-state index contributed by atoms with van der Waals surface area (Å²) < 4.78 is 10.3. The average molecular weight is 357 g/mol. The van der Waals surface area contributed by atoms with Crippen LogP contribution in [0.1, 0.15) is 42.2 Å². The zero-order chi connectivity index (χ0) is 18.3. The Hall–Kier alpha value is -2.64. The van der Waals surface area contributed by atoms with Crippen LogP contribution < -0.4 is 9.64 Å². The lowest BCUT2D eigenvalue weighted by Gasteiger charge is -2.33. The number of amides is 1. The van der Waals surface area contributed by atoms with E-state index >= 15 is 0 Å². The molecule has 2 aromatic rings. The van der Waals surface area contributed by atoms with Crippen LogP contribution in [0.25, 0.3) is 0 Å². The molecule has 2 aliphatic heterocycles. The first-order valence-electron chi connectivity index (χ1n) is 8.93. The van der Waals surface area contributed by atoms with E-state index in [4.69, 9.17) is 9.26 Å². The number of hydrogen-bond acceptors (Lipinski definition) is 7. The summed E-state index contributed by atoms with van der Waals surface area (Å²) in [5.74, 6) is 1.99. The minimum absolute atomic E-state index is 0.00627. The number of ether oxygens (including phenoxy) is 1. The molecule has 0 spiro atoms. The van der Waals surface area contributed by atoms with Crippen LogP contribution in [0.15, 0.2) is 23.2 Å². The molecule has 0 N–H and O–H groups in total. The van der Waals surface area contributed by atoms with Gasteiger partial charge in [0.2, 0.25) is 5.88 Å². The normalized spacial score (nSPS) is 22.2. The molecule has 4 heterocycles. The second-order valence-corrected chi connectivity index (χ2v) is 7.30. The molecule has 138 valence electrons. The highest BCUT2D eigenvalue weighted by Crippen LogP contribution is 2.34. The predicted octanol–water partition coefficient (Wildman–Crippen LogP) is 1.95. The minimum Gasteiger partial charge on any atom is -0.481 e. The Morgan fingerprint density at radius 2 is 2.15 bits per heavy atom. The summed E-state index contributed by atoms with van der Waals surface area (Å²) in [7, 11) is 1.60. The van der Waals surface area contributed by atoms with E-state index in [-0.39, 0.29) is 17.9 Å². The van der Waals surface area contributed by atoms with Crippen molar-refractivity contribution in [3.8, 4) is 5.88 Å². The van der Waals surface area contributed by atoms with E-state index in [0.29, 0.717) is 23.9 Å². The maximum atomic E-state index is 13.0. The maximum Gasteiger partial charge on any atom is 0.259 e.